The van der Waals surface area contributed by atoms with Gasteiger partial charge < -0.3 is 15.2 Å². The highest BCUT2D eigenvalue weighted by Crippen LogP contribution is 2.21. The van der Waals surface area contributed by atoms with Gasteiger partial charge in [0, 0.05) is 17.7 Å². The molecule has 0 aromatic carbocycles. The molecule has 4 N–H and O–H groups in total. The molecule has 0 saturated carbocycles. The number of nitrogens with zero attached hydrogens (tertiary/aromatic N) is 2. The number of hydrogen-bond acceptors (Lipinski definition) is 6. The van der Waals surface area contributed by atoms with Crippen LogP contribution in [0.5, 0.6) is 0 Å². The van der Waals surface area contributed by atoms with E-state index in [0.717, 1.165) is 29.8 Å². The Hall–Kier alpha value is -2.08. The molecule has 6 nitrogen and oxygen atoms in total. The summed E-state index contributed by atoms with van der Waals surface area (Å²) in [6, 6.07) is 1.91. The lowest BCUT2D eigenvalue weighted by atomic mass is 10.1. The van der Waals surface area contributed by atoms with E-state index in [-0.39, 0.29) is 0 Å². The van der Waals surface area contributed by atoms with Crippen molar-refractivity contribution < 1.29 is 4.42 Å². The first-order valence-electron chi connectivity index (χ1n) is 5.90. The zero-order valence-electron chi connectivity index (χ0n) is 10.3. The third-order valence-corrected chi connectivity index (χ3v) is 2.62. The maximum absolute atomic E-state index is 5.46. The monoisotopic (exact) mass is 247 g/mol. The number of nitrogen functional groups attached to an aromatic ring is 1. The topological polar surface area (TPSA) is 89.0 Å². The highest BCUT2D eigenvalue weighted by molar-refractivity contribution is 5.57. The van der Waals surface area contributed by atoms with Crippen molar-refractivity contribution in [1.29, 1.82) is 0 Å². The van der Waals surface area contributed by atoms with Gasteiger partial charge in [-0.2, -0.15) is 0 Å². The van der Waals surface area contributed by atoms with Gasteiger partial charge in [-0.05, 0) is 12.5 Å². The van der Waals surface area contributed by atoms with Crippen molar-refractivity contribution in [3.63, 3.8) is 0 Å². The Kier molecular flexibility index (Phi) is 4.14. The van der Waals surface area contributed by atoms with Crippen molar-refractivity contribution in [3.05, 3.63) is 36.0 Å². The van der Waals surface area contributed by atoms with Crippen LogP contribution in [0.1, 0.15) is 24.5 Å². The number of rotatable bonds is 6. The highest BCUT2D eigenvalue weighted by atomic mass is 16.3. The zero-order chi connectivity index (χ0) is 12.8. The number of hydrazine groups is 1. The van der Waals surface area contributed by atoms with Gasteiger partial charge in [0.05, 0.1) is 12.5 Å². The van der Waals surface area contributed by atoms with Gasteiger partial charge in [0.15, 0.2) is 0 Å². The van der Waals surface area contributed by atoms with Gasteiger partial charge in [-0.15, -0.1) is 0 Å². The average molecular weight is 247 g/mol. The van der Waals surface area contributed by atoms with Crippen LogP contribution < -0.4 is 16.6 Å². The Morgan fingerprint density at radius 2 is 2.17 bits per heavy atom. The molecule has 6 heteroatoms. The molecule has 96 valence electrons. The molecule has 0 bridgehead atoms. The molecule has 0 atom stereocenters. The fourth-order valence-corrected chi connectivity index (χ4v) is 1.75. The minimum atomic E-state index is 0.661. The van der Waals surface area contributed by atoms with Gasteiger partial charge in [-0.1, -0.05) is 13.3 Å². The van der Waals surface area contributed by atoms with Crippen molar-refractivity contribution in [2.75, 3.05) is 10.7 Å². The first-order chi connectivity index (χ1) is 8.85. The molecule has 0 aliphatic carbocycles. The summed E-state index contributed by atoms with van der Waals surface area (Å²) in [5.41, 5.74) is 4.68. The van der Waals surface area contributed by atoms with Crippen LogP contribution in [0.25, 0.3) is 0 Å². The SMILES string of the molecule is CCCc1c(NN)ncnc1NCc1ccoc1. The van der Waals surface area contributed by atoms with Crippen molar-refractivity contribution >= 4 is 11.6 Å². The molecule has 0 radical (unpaired) electrons. The summed E-state index contributed by atoms with van der Waals surface area (Å²) in [4.78, 5) is 8.37. The number of hydrogen-bond donors (Lipinski definition) is 3. The second kappa shape index (κ2) is 6.02. The molecule has 2 aromatic rings. The minimum Gasteiger partial charge on any atom is -0.472 e. The number of furan rings is 1. The Balaban J connectivity index is 2.15. The largest absolute Gasteiger partial charge is 0.472 e. The van der Waals surface area contributed by atoms with Crippen LogP contribution >= 0.6 is 0 Å². The summed E-state index contributed by atoms with van der Waals surface area (Å²) in [5, 5.41) is 3.27. The second-order valence-corrected chi connectivity index (χ2v) is 3.93. The fourth-order valence-electron chi connectivity index (χ4n) is 1.75. The number of nitrogens with one attached hydrogen (secondary N) is 2. The first-order valence-corrected chi connectivity index (χ1v) is 5.90. The summed E-state index contributed by atoms with van der Waals surface area (Å²) in [6.45, 7) is 2.77. The maximum atomic E-state index is 5.46. The molecular weight excluding hydrogens is 230 g/mol. The standard InChI is InChI=1S/C12H17N5O/c1-2-3-10-11(15-8-16-12(10)17-13)14-6-9-4-5-18-7-9/h4-5,7-8H,2-3,6,13H2,1H3,(H2,14,15,16,17). The number of nitrogens with two attached hydrogens (primary N) is 1. The Labute approximate surface area is 106 Å². The van der Waals surface area contributed by atoms with E-state index in [1.807, 2.05) is 6.07 Å². The first kappa shape index (κ1) is 12.4. The lowest BCUT2D eigenvalue weighted by Gasteiger charge is -2.12. The highest BCUT2D eigenvalue weighted by Gasteiger charge is 2.09. The van der Waals surface area contributed by atoms with Crippen molar-refractivity contribution in [1.82, 2.24) is 9.97 Å². The summed E-state index contributed by atoms with van der Waals surface area (Å²) >= 11 is 0. The number of anilines is 2. The molecule has 2 heterocycles. The predicted octanol–water partition coefficient (Wildman–Crippen LogP) is 1.92. The van der Waals surface area contributed by atoms with E-state index in [2.05, 4.69) is 27.6 Å². The van der Waals surface area contributed by atoms with Gasteiger partial charge in [0.25, 0.3) is 0 Å². The molecule has 0 aliphatic rings. The quantitative estimate of drug-likeness (QED) is 0.534. The van der Waals surface area contributed by atoms with Crippen LogP contribution in [0, 0.1) is 0 Å². The van der Waals surface area contributed by atoms with E-state index in [4.69, 9.17) is 10.3 Å². The molecule has 2 aromatic heterocycles. The lowest BCUT2D eigenvalue weighted by molar-refractivity contribution is 0.564. The molecule has 0 unspecified atom stereocenters. The molecule has 0 fully saturated rings. The predicted molar refractivity (Wildman–Crippen MR) is 69.9 cm³/mol. The Morgan fingerprint density at radius 3 is 2.83 bits per heavy atom. The van der Waals surface area contributed by atoms with E-state index in [1.54, 1.807) is 12.5 Å². The number of aromatic nitrogens is 2. The zero-order valence-corrected chi connectivity index (χ0v) is 10.3. The molecule has 0 amide bonds. The van der Waals surface area contributed by atoms with Crippen LogP contribution in [0.15, 0.2) is 29.3 Å². The maximum Gasteiger partial charge on any atom is 0.148 e. The second-order valence-electron chi connectivity index (χ2n) is 3.93. The molecule has 0 aliphatic heterocycles. The van der Waals surface area contributed by atoms with Crippen LogP contribution in [0.3, 0.4) is 0 Å². The van der Waals surface area contributed by atoms with Crippen LogP contribution in [0.2, 0.25) is 0 Å². The van der Waals surface area contributed by atoms with Crippen molar-refractivity contribution in [2.24, 2.45) is 5.84 Å². The van der Waals surface area contributed by atoms with Gasteiger partial charge in [-0.25, -0.2) is 15.8 Å². The molecule has 2 rings (SSSR count). The van der Waals surface area contributed by atoms with Crippen LogP contribution in [-0.4, -0.2) is 9.97 Å². The van der Waals surface area contributed by atoms with Crippen molar-refractivity contribution in [2.45, 2.75) is 26.3 Å². The Morgan fingerprint density at radius 1 is 1.33 bits per heavy atom. The fraction of sp³-hybridized carbons (Fsp3) is 0.333. The lowest BCUT2D eigenvalue weighted by Crippen LogP contribution is -2.14. The van der Waals surface area contributed by atoms with Crippen molar-refractivity contribution in [3.8, 4) is 0 Å². The van der Waals surface area contributed by atoms with Crippen LogP contribution in [0.4, 0.5) is 11.6 Å². The van der Waals surface area contributed by atoms with E-state index < -0.39 is 0 Å². The molecule has 0 saturated heterocycles. The van der Waals surface area contributed by atoms with E-state index in [9.17, 15) is 0 Å². The van der Waals surface area contributed by atoms with E-state index in [0.29, 0.717) is 12.4 Å². The molecule has 18 heavy (non-hydrogen) atoms. The van der Waals surface area contributed by atoms with Gasteiger partial charge in [0.1, 0.15) is 18.0 Å². The normalized spacial score (nSPS) is 10.3. The van der Waals surface area contributed by atoms with E-state index in [1.165, 1.54) is 6.33 Å². The average Bonchev–Trinajstić information content (AvgIpc) is 2.91. The Bertz CT molecular complexity index is 483. The summed E-state index contributed by atoms with van der Waals surface area (Å²) in [6.07, 6.45) is 6.72. The minimum absolute atomic E-state index is 0.661. The third kappa shape index (κ3) is 2.78. The summed E-state index contributed by atoms with van der Waals surface area (Å²) in [7, 11) is 0. The van der Waals surface area contributed by atoms with E-state index >= 15 is 0 Å². The third-order valence-electron chi connectivity index (χ3n) is 2.62. The van der Waals surface area contributed by atoms with Gasteiger partial charge in [-0.3, -0.25) is 0 Å². The van der Waals surface area contributed by atoms with Gasteiger partial charge in [0.2, 0.25) is 0 Å². The van der Waals surface area contributed by atoms with Gasteiger partial charge >= 0.3 is 0 Å². The molecule has 0 spiro atoms. The summed E-state index contributed by atoms with van der Waals surface area (Å²) in [5.74, 6) is 6.93. The summed E-state index contributed by atoms with van der Waals surface area (Å²) < 4.78 is 5.02. The molecular formula is C12H17N5O. The smallest absolute Gasteiger partial charge is 0.148 e. The van der Waals surface area contributed by atoms with Crippen LogP contribution in [-0.2, 0) is 13.0 Å².